The van der Waals surface area contributed by atoms with E-state index in [0.717, 1.165) is 19.4 Å². The molecule has 0 bridgehead atoms. The SMILES string of the molecule is C[C@H]1CCCCN1CCNS(=O)(=O)c1ccccc1-c1nc(-c2ccc(F)cc2)no1. The smallest absolute Gasteiger partial charge is 0.259 e. The number of nitrogens with zero attached hydrogens (tertiary/aromatic N) is 3. The molecule has 0 saturated carbocycles. The molecule has 1 saturated heterocycles. The van der Waals surface area contributed by atoms with Crippen molar-refractivity contribution in [3.63, 3.8) is 0 Å². The van der Waals surface area contributed by atoms with Gasteiger partial charge in [0.2, 0.25) is 15.8 Å². The minimum atomic E-state index is -3.77. The minimum absolute atomic E-state index is 0.0796. The zero-order valence-corrected chi connectivity index (χ0v) is 18.1. The summed E-state index contributed by atoms with van der Waals surface area (Å²) in [6, 6.07) is 12.7. The van der Waals surface area contributed by atoms with Crippen LogP contribution in [0, 0.1) is 5.82 Å². The Morgan fingerprint density at radius 1 is 1.16 bits per heavy atom. The highest BCUT2D eigenvalue weighted by Crippen LogP contribution is 2.28. The van der Waals surface area contributed by atoms with Crippen molar-refractivity contribution in [2.75, 3.05) is 19.6 Å². The third-order valence-corrected chi connectivity index (χ3v) is 7.09. The van der Waals surface area contributed by atoms with Crippen LogP contribution in [0.1, 0.15) is 26.2 Å². The van der Waals surface area contributed by atoms with Crippen molar-refractivity contribution >= 4 is 10.0 Å². The van der Waals surface area contributed by atoms with Crippen LogP contribution in [-0.2, 0) is 10.0 Å². The van der Waals surface area contributed by atoms with Crippen LogP contribution in [0.4, 0.5) is 4.39 Å². The van der Waals surface area contributed by atoms with Crippen LogP contribution in [0.5, 0.6) is 0 Å². The van der Waals surface area contributed by atoms with Crippen LogP contribution in [0.25, 0.3) is 22.8 Å². The van der Waals surface area contributed by atoms with E-state index in [1.807, 2.05) is 0 Å². The van der Waals surface area contributed by atoms with Crippen molar-refractivity contribution in [3.05, 3.63) is 54.3 Å². The number of benzene rings is 2. The Morgan fingerprint density at radius 2 is 1.94 bits per heavy atom. The molecule has 1 aromatic heterocycles. The molecule has 0 amide bonds. The predicted octanol–water partition coefficient (Wildman–Crippen LogP) is 3.70. The van der Waals surface area contributed by atoms with E-state index in [1.165, 1.54) is 36.8 Å². The standard InChI is InChI=1S/C22H25FN4O3S/c1-16-6-4-5-14-27(16)15-13-24-31(28,29)20-8-3-2-7-19(20)22-25-21(26-30-22)17-9-11-18(23)12-10-17/h2-3,7-12,16,24H,4-6,13-15H2,1H3/t16-/m0/s1. The van der Waals surface area contributed by atoms with Crippen molar-refractivity contribution in [2.24, 2.45) is 0 Å². The number of sulfonamides is 1. The van der Waals surface area contributed by atoms with Crippen molar-refractivity contribution in [1.29, 1.82) is 0 Å². The maximum absolute atomic E-state index is 13.2. The Labute approximate surface area is 181 Å². The average Bonchev–Trinajstić information content (AvgIpc) is 3.26. The molecule has 164 valence electrons. The molecule has 4 rings (SSSR count). The number of nitrogens with one attached hydrogen (secondary N) is 1. The van der Waals surface area contributed by atoms with Gasteiger partial charge in [-0.2, -0.15) is 4.98 Å². The molecular formula is C22H25FN4O3S. The number of piperidine rings is 1. The first-order chi connectivity index (χ1) is 14.9. The van der Waals surface area contributed by atoms with Crippen LogP contribution in [-0.4, -0.2) is 49.1 Å². The molecule has 0 spiro atoms. The Balaban J connectivity index is 1.52. The first-order valence-electron chi connectivity index (χ1n) is 10.4. The van der Waals surface area contributed by atoms with E-state index in [1.54, 1.807) is 18.2 Å². The van der Waals surface area contributed by atoms with Gasteiger partial charge < -0.3 is 4.52 Å². The molecule has 1 fully saturated rings. The lowest BCUT2D eigenvalue weighted by Gasteiger charge is -2.33. The number of rotatable bonds is 7. The van der Waals surface area contributed by atoms with Crippen LogP contribution in [0.3, 0.4) is 0 Å². The van der Waals surface area contributed by atoms with Gasteiger partial charge in [0.1, 0.15) is 5.82 Å². The summed E-state index contributed by atoms with van der Waals surface area (Å²) in [5, 5.41) is 3.92. The minimum Gasteiger partial charge on any atom is -0.334 e. The fourth-order valence-corrected chi connectivity index (χ4v) is 5.04. The summed E-state index contributed by atoms with van der Waals surface area (Å²) in [5.41, 5.74) is 0.896. The summed E-state index contributed by atoms with van der Waals surface area (Å²) in [7, 11) is -3.77. The molecule has 1 atom stereocenters. The summed E-state index contributed by atoms with van der Waals surface area (Å²) in [6.07, 6.45) is 3.51. The van der Waals surface area contributed by atoms with Gasteiger partial charge in [0, 0.05) is 24.7 Å². The first kappa shape index (κ1) is 21.6. The Morgan fingerprint density at radius 3 is 2.71 bits per heavy atom. The number of halogens is 1. The van der Waals surface area contributed by atoms with Gasteiger partial charge in [-0.05, 0) is 62.7 Å². The quantitative estimate of drug-likeness (QED) is 0.598. The third-order valence-electron chi connectivity index (χ3n) is 5.57. The third kappa shape index (κ3) is 5.00. The molecule has 7 nitrogen and oxygen atoms in total. The average molecular weight is 445 g/mol. The van der Waals surface area contributed by atoms with E-state index in [4.69, 9.17) is 4.52 Å². The summed E-state index contributed by atoms with van der Waals surface area (Å²) < 4.78 is 47.2. The van der Waals surface area contributed by atoms with Crippen molar-refractivity contribution in [2.45, 2.75) is 37.1 Å². The van der Waals surface area contributed by atoms with Gasteiger partial charge in [-0.3, -0.25) is 4.90 Å². The van der Waals surface area contributed by atoms with Gasteiger partial charge in [-0.25, -0.2) is 17.5 Å². The number of likely N-dealkylation sites (tertiary alicyclic amines) is 1. The Bertz CT molecular complexity index is 1130. The van der Waals surface area contributed by atoms with Gasteiger partial charge in [0.05, 0.1) is 10.5 Å². The fourth-order valence-electron chi connectivity index (χ4n) is 3.82. The van der Waals surface area contributed by atoms with Crippen LogP contribution in [0.15, 0.2) is 57.9 Å². The molecule has 2 aromatic carbocycles. The molecule has 0 aliphatic carbocycles. The highest BCUT2D eigenvalue weighted by atomic mass is 32.2. The van der Waals surface area contributed by atoms with E-state index >= 15 is 0 Å². The number of hydrogen-bond acceptors (Lipinski definition) is 6. The summed E-state index contributed by atoms with van der Waals surface area (Å²) in [6.45, 7) is 4.16. The fraction of sp³-hybridized carbons (Fsp3) is 0.364. The molecule has 0 unspecified atom stereocenters. The van der Waals surface area contributed by atoms with E-state index in [2.05, 4.69) is 26.7 Å². The Hall–Kier alpha value is -2.62. The predicted molar refractivity (Wildman–Crippen MR) is 115 cm³/mol. The lowest BCUT2D eigenvalue weighted by molar-refractivity contribution is 0.164. The molecule has 0 radical (unpaired) electrons. The number of aromatic nitrogens is 2. The van der Waals surface area contributed by atoms with Crippen molar-refractivity contribution in [3.8, 4) is 22.8 Å². The van der Waals surface area contributed by atoms with Crippen LogP contribution in [0.2, 0.25) is 0 Å². The highest BCUT2D eigenvalue weighted by molar-refractivity contribution is 7.89. The number of hydrogen-bond donors (Lipinski definition) is 1. The molecule has 3 aromatic rings. The maximum Gasteiger partial charge on any atom is 0.259 e. The monoisotopic (exact) mass is 444 g/mol. The second-order valence-electron chi connectivity index (χ2n) is 7.70. The van der Waals surface area contributed by atoms with Gasteiger partial charge in [0.15, 0.2) is 0 Å². The molecule has 2 heterocycles. The van der Waals surface area contributed by atoms with E-state index < -0.39 is 10.0 Å². The van der Waals surface area contributed by atoms with E-state index in [-0.39, 0.29) is 22.4 Å². The molecule has 1 aliphatic rings. The van der Waals surface area contributed by atoms with E-state index in [0.29, 0.717) is 30.3 Å². The maximum atomic E-state index is 13.2. The van der Waals surface area contributed by atoms with Crippen LogP contribution >= 0.6 is 0 Å². The zero-order chi connectivity index (χ0) is 21.8. The van der Waals surface area contributed by atoms with Crippen molar-refractivity contribution in [1.82, 2.24) is 19.8 Å². The highest BCUT2D eigenvalue weighted by Gasteiger charge is 2.24. The summed E-state index contributed by atoms with van der Waals surface area (Å²) in [5.74, 6) is -0.0203. The lowest BCUT2D eigenvalue weighted by Crippen LogP contribution is -2.42. The molecule has 1 aliphatic heterocycles. The normalized spacial score (nSPS) is 17.7. The molecule has 1 N–H and O–H groups in total. The zero-order valence-electron chi connectivity index (χ0n) is 17.3. The lowest BCUT2D eigenvalue weighted by atomic mass is 10.0. The molecule has 31 heavy (non-hydrogen) atoms. The van der Waals surface area contributed by atoms with Crippen molar-refractivity contribution < 1.29 is 17.3 Å². The molecular weight excluding hydrogens is 419 g/mol. The van der Waals surface area contributed by atoms with Crippen LogP contribution < -0.4 is 4.72 Å². The summed E-state index contributed by atoms with van der Waals surface area (Å²) >= 11 is 0. The molecule has 9 heteroatoms. The van der Waals surface area contributed by atoms with Gasteiger partial charge in [0.25, 0.3) is 5.89 Å². The van der Waals surface area contributed by atoms with Gasteiger partial charge in [-0.1, -0.05) is 23.7 Å². The topological polar surface area (TPSA) is 88.3 Å². The van der Waals surface area contributed by atoms with Gasteiger partial charge >= 0.3 is 0 Å². The largest absolute Gasteiger partial charge is 0.334 e. The van der Waals surface area contributed by atoms with E-state index in [9.17, 15) is 12.8 Å². The first-order valence-corrected chi connectivity index (χ1v) is 11.8. The van der Waals surface area contributed by atoms with Gasteiger partial charge in [-0.15, -0.1) is 0 Å². The Kier molecular flexibility index (Phi) is 6.45. The summed E-state index contributed by atoms with van der Waals surface area (Å²) in [4.78, 5) is 6.71. The second-order valence-corrected chi connectivity index (χ2v) is 9.44. The second kappa shape index (κ2) is 9.25.